The van der Waals surface area contributed by atoms with Gasteiger partial charge in [0.2, 0.25) is 5.91 Å². The van der Waals surface area contributed by atoms with E-state index in [0.29, 0.717) is 0 Å². The van der Waals surface area contributed by atoms with Crippen molar-refractivity contribution in [3.63, 3.8) is 0 Å². The summed E-state index contributed by atoms with van der Waals surface area (Å²) in [6, 6.07) is 10.2. The maximum Gasteiger partial charge on any atom is 0.229 e. The largest absolute Gasteiger partial charge is 0.413 e. The molecule has 0 spiro atoms. The van der Waals surface area contributed by atoms with Crippen molar-refractivity contribution in [2.45, 2.75) is 62.2 Å². The lowest BCUT2D eigenvalue weighted by atomic mass is 9.96. The number of hydrogen-bond donors (Lipinski definition) is 1. The summed E-state index contributed by atoms with van der Waals surface area (Å²) in [6.07, 6.45) is -0.0455. The van der Waals surface area contributed by atoms with Crippen molar-refractivity contribution < 1.29 is 9.22 Å². The van der Waals surface area contributed by atoms with Crippen molar-refractivity contribution in [3.8, 4) is 0 Å². The van der Waals surface area contributed by atoms with Gasteiger partial charge in [-0.05, 0) is 37.2 Å². The minimum absolute atomic E-state index is 0.0455. The Labute approximate surface area is 139 Å². The van der Waals surface area contributed by atoms with Crippen LogP contribution in [0.25, 0.3) is 0 Å². The van der Waals surface area contributed by atoms with Crippen LogP contribution in [0.5, 0.6) is 0 Å². The molecule has 3 atom stereocenters. The molecule has 122 valence electrons. The molecule has 0 bridgehead atoms. The molecule has 1 aromatic carbocycles. The van der Waals surface area contributed by atoms with Gasteiger partial charge < -0.3 is 9.74 Å². The van der Waals surface area contributed by atoms with Gasteiger partial charge in [-0.3, -0.25) is 4.79 Å². The van der Waals surface area contributed by atoms with Crippen LogP contribution in [-0.4, -0.2) is 25.7 Å². The first-order valence-corrected chi connectivity index (χ1v) is 11.6. The molecule has 1 aliphatic rings. The average molecular weight is 338 g/mol. The molecule has 1 aliphatic heterocycles. The summed E-state index contributed by atoms with van der Waals surface area (Å²) in [4.78, 5) is 13.2. The Bertz CT molecular complexity index is 527. The highest BCUT2D eigenvalue weighted by molar-refractivity contribution is 8.00. The third-order valence-corrected chi connectivity index (χ3v) is 10.5. The van der Waals surface area contributed by atoms with E-state index in [-0.39, 0.29) is 28.3 Å². The number of carbonyl (C=O) groups excluding carboxylic acids is 1. The monoisotopic (exact) mass is 337 g/mol. The third kappa shape index (κ3) is 3.75. The molecule has 22 heavy (non-hydrogen) atoms. The van der Waals surface area contributed by atoms with E-state index in [0.717, 1.165) is 0 Å². The van der Waals surface area contributed by atoms with E-state index in [1.54, 1.807) is 11.8 Å². The van der Waals surface area contributed by atoms with E-state index in [9.17, 15) is 4.79 Å². The molecule has 1 fully saturated rings. The first kappa shape index (κ1) is 17.6. The van der Waals surface area contributed by atoms with E-state index in [2.05, 4.69) is 51.3 Å². The number of nitrogens with one attached hydrogen (secondary N) is 1. The molecule has 0 unspecified atom stereocenters. The Morgan fingerprint density at radius 2 is 1.82 bits per heavy atom. The van der Waals surface area contributed by atoms with Crippen LogP contribution in [0.4, 0.5) is 0 Å². The fraction of sp³-hybridized carbons (Fsp3) is 0.588. The normalized spacial score (nSPS) is 23.6. The van der Waals surface area contributed by atoms with Crippen LogP contribution in [0.3, 0.4) is 0 Å². The number of thioether (sulfide) groups is 1. The fourth-order valence-electron chi connectivity index (χ4n) is 2.29. The van der Waals surface area contributed by atoms with Gasteiger partial charge in [0.25, 0.3) is 0 Å². The van der Waals surface area contributed by atoms with Crippen molar-refractivity contribution in [3.05, 3.63) is 30.3 Å². The molecule has 5 heteroatoms. The number of benzene rings is 1. The Hall–Kier alpha value is -0.783. The van der Waals surface area contributed by atoms with Gasteiger partial charge in [0, 0.05) is 4.90 Å². The van der Waals surface area contributed by atoms with Gasteiger partial charge in [-0.25, -0.2) is 0 Å². The van der Waals surface area contributed by atoms with Gasteiger partial charge in [0.15, 0.2) is 8.32 Å². The van der Waals surface area contributed by atoms with Crippen molar-refractivity contribution in [2.75, 3.05) is 0 Å². The van der Waals surface area contributed by atoms with Crippen molar-refractivity contribution in [2.24, 2.45) is 5.92 Å². The maximum absolute atomic E-state index is 12.0. The first-order valence-electron chi connectivity index (χ1n) is 7.82. The van der Waals surface area contributed by atoms with Gasteiger partial charge >= 0.3 is 0 Å². The van der Waals surface area contributed by atoms with Crippen LogP contribution in [0.15, 0.2) is 35.2 Å². The quantitative estimate of drug-likeness (QED) is 0.644. The van der Waals surface area contributed by atoms with E-state index in [1.807, 2.05) is 25.1 Å². The van der Waals surface area contributed by atoms with Crippen LogP contribution < -0.4 is 5.32 Å². The smallest absolute Gasteiger partial charge is 0.229 e. The number of rotatable bonds is 5. The molecule has 1 heterocycles. The van der Waals surface area contributed by atoms with Crippen LogP contribution in [0, 0.1) is 5.92 Å². The molecule has 0 aromatic heterocycles. The minimum Gasteiger partial charge on any atom is -0.413 e. The molecule has 0 saturated carbocycles. The predicted octanol–water partition coefficient (Wildman–Crippen LogP) is 4.26. The van der Waals surface area contributed by atoms with Gasteiger partial charge in [-0.15, -0.1) is 11.8 Å². The predicted molar refractivity (Wildman–Crippen MR) is 95.5 cm³/mol. The molecule has 3 nitrogen and oxygen atoms in total. The second kappa shape index (κ2) is 6.38. The second-order valence-corrected chi connectivity index (χ2v) is 13.4. The van der Waals surface area contributed by atoms with Crippen molar-refractivity contribution in [1.29, 1.82) is 0 Å². The van der Waals surface area contributed by atoms with Gasteiger partial charge in [-0.2, -0.15) is 0 Å². The van der Waals surface area contributed by atoms with E-state index < -0.39 is 8.32 Å². The Morgan fingerprint density at radius 1 is 1.23 bits per heavy atom. The first-order chi connectivity index (χ1) is 10.1. The fourth-order valence-corrected chi connectivity index (χ4v) is 4.99. The Balaban J connectivity index is 2.02. The molecule has 0 aliphatic carbocycles. The van der Waals surface area contributed by atoms with E-state index >= 15 is 0 Å². The van der Waals surface area contributed by atoms with Gasteiger partial charge in [0.05, 0.1) is 17.4 Å². The third-order valence-electron chi connectivity index (χ3n) is 4.71. The highest BCUT2D eigenvalue weighted by Crippen LogP contribution is 2.40. The summed E-state index contributed by atoms with van der Waals surface area (Å²) in [5, 5.41) is 3.27. The lowest BCUT2D eigenvalue weighted by molar-refractivity contribution is -0.136. The lowest BCUT2D eigenvalue weighted by Gasteiger charge is -2.45. The lowest BCUT2D eigenvalue weighted by Crippen LogP contribution is -2.62. The SMILES string of the molecule is C[C@@H](O[Si](C)(C)C(C)(C)C)[C@H]1C(=O)N[C@@H]1Sc1ccccc1. The molecule has 0 radical (unpaired) electrons. The second-order valence-electron chi connectivity index (χ2n) is 7.47. The molecular weight excluding hydrogens is 310 g/mol. The zero-order valence-corrected chi connectivity index (χ0v) is 16.2. The Kier molecular flexibility index (Phi) is 5.09. The van der Waals surface area contributed by atoms with Crippen LogP contribution in [0.1, 0.15) is 27.7 Å². The molecule has 1 saturated heterocycles. The number of amides is 1. The topological polar surface area (TPSA) is 38.3 Å². The summed E-state index contributed by atoms with van der Waals surface area (Å²) >= 11 is 1.71. The van der Waals surface area contributed by atoms with Crippen molar-refractivity contribution >= 4 is 26.0 Å². The highest BCUT2D eigenvalue weighted by atomic mass is 32.2. The molecule has 2 rings (SSSR count). The molecular formula is C17H27NO2SSi. The summed E-state index contributed by atoms with van der Waals surface area (Å²) in [5.41, 5.74) is 0. The summed E-state index contributed by atoms with van der Waals surface area (Å²) < 4.78 is 6.41. The summed E-state index contributed by atoms with van der Waals surface area (Å²) in [7, 11) is -1.85. The number of hydrogen-bond acceptors (Lipinski definition) is 3. The highest BCUT2D eigenvalue weighted by Gasteiger charge is 2.47. The zero-order chi connectivity index (χ0) is 16.5. The molecule has 1 amide bonds. The van der Waals surface area contributed by atoms with E-state index in [1.165, 1.54) is 4.90 Å². The summed E-state index contributed by atoms with van der Waals surface area (Å²) in [6.45, 7) is 13.2. The maximum atomic E-state index is 12.0. The molecule has 1 aromatic rings. The van der Waals surface area contributed by atoms with Crippen LogP contribution in [-0.2, 0) is 9.22 Å². The number of carbonyl (C=O) groups is 1. The van der Waals surface area contributed by atoms with Gasteiger partial charge in [0.1, 0.15) is 0 Å². The standard InChI is InChI=1S/C17H27NO2SSi/c1-12(20-22(5,6)17(2,3)4)14-15(19)18-16(14)21-13-10-8-7-9-11-13/h7-12,14,16H,1-6H3,(H,18,19)/t12-,14+,16-/m1/s1. The minimum atomic E-state index is -1.85. The Morgan fingerprint density at radius 3 is 2.32 bits per heavy atom. The average Bonchev–Trinajstić information content (AvgIpc) is 2.36. The van der Waals surface area contributed by atoms with Crippen LogP contribution in [0.2, 0.25) is 18.1 Å². The zero-order valence-electron chi connectivity index (χ0n) is 14.3. The molecule has 1 N–H and O–H groups in total. The van der Waals surface area contributed by atoms with Gasteiger partial charge in [-0.1, -0.05) is 39.0 Å². The van der Waals surface area contributed by atoms with Crippen molar-refractivity contribution in [1.82, 2.24) is 5.32 Å². The summed E-state index contributed by atoms with van der Waals surface area (Å²) in [5.74, 6) is 0.0407. The van der Waals surface area contributed by atoms with E-state index in [4.69, 9.17) is 4.43 Å². The number of β-lactam (4-membered cyclic amide) rings is 1. The van der Waals surface area contributed by atoms with Crippen LogP contribution >= 0.6 is 11.8 Å².